The minimum Gasteiger partial charge on any atom is -0.454 e. The van der Waals surface area contributed by atoms with Gasteiger partial charge in [-0.1, -0.05) is 19.9 Å². The number of carbonyl (C=O) groups is 1. The molecule has 1 N–H and O–H groups in total. The van der Waals surface area contributed by atoms with Crippen LogP contribution in [0.25, 0.3) is 0 Å². The maximum atomic E-state index is 11.9. The fraction of sp³-hybridized carbons (Fsp3) is 0.467. The van der Waals surface area contributed by atoms with Gasteiger partial charge in [-0.3, -0.25) is 4.79 Å². The number of hydrogen-bond donors (Lipinski definition) is 1. The van der Waals surface area contributed by atoms with E-state index < -0.39 is 5.92 Å². The number of benzene rings is 1. The molecule has 0 radical (unpaired) electrons. The first-order chi connectivity index (χ1) is 9.60. The van der Waals surface area contributed by atoms with Crippen LogP contribution >= 0.6 is 0 Å². The second kappa shape index (κ2) is 6.29. The quantitative estimate of drug-likeness (QED) is 0.889. The molecule has 1 aromatic carbocycles. The van der Waals surface area contributed by atoms with Crippen LogP contribution < -0.4 is 14.8 Å². The van der Waals surface area contributed by atoms with Crippen LogP contribution in [-0.4, -0.2) is 19.2 Å². The van der Waals surface area contributed by atoms with Crippen molar-refractivity contribution in [1.29, 1.82) is 5.26 Å². The van der Waals surface area contributed by atoms with E-state index in [1.165, 1.54) is 0 Å². The zero-order valence-electron chi connectivity index (χ0n) is 11.7. The molecule has 0 aromatic heterocycles. The highest BCUT2D eigenvalue weighted by Gasteiger charge is 2.20. The van der Waals surface area contributed by atoms with Crippen molar-refractivity contribution in [2.45, 2.75) is 20.3 Å². The van der Waals surface area contributed by atoms with E-state index in [0.717, 1.165) is 5.56 Å². The fourth-order valence-corrected chi connectivity index (χ4v) is 1.93. The van der Waals surface area contributed by atoms with Crippen LogP contribution in [0.4, 0.5) is 0 Å². The number of rotatable bonds is 5. The minimum absolute atomic E-state index is 0.218. The molecule has 1 aliphatic heterocycles. The summed E-state index contributed by atoms with van der Waals surface area (Å²) < 4.78 is 10.5. The average Bonchev–Trinajstić information content (AvgIpc) is 2.89. The molecule has 5 heteroatoms. The average molecular weight is 274 g/mol. The molecule has 1 atom stereocenters. The van der Waals surface area contributed by atoms with Crippen molar-refractivity contribution in [3.8, 4) is 17.6 Å². The van der Waals surface area contributed by atoms with Gasteiger partial charge in [0.15, 0.2) is 11.5 Å². The Kier molecular flexibility index (Phi) is 4.46. The summed E-state index contributed by atoms with van der Waals surface area (Å²) in [5, 5.41) is 11.9. The van der Waals surface area contributed by atoms with Crippen molar-refractivity contribution >= 4 is 5.91 Å². The summed E-state index contributed by atoms with van der Waals surface area (Å²) in [5.74, 6) is 0.824. The van der Waals surface area contributed by atoms with Gasteiger partial charge in [0.05, 0.1) is 6.07 Å². The zero-order valence-corrected chi connectivity index (χ0v) is 11.7. The van der Waals surface area contributed by atoms with Crippen LogP contribution in [-0.2, 0) is 11.2 Å². The largest absolute Gasteiger partial charge is 0.454 e. The van der Waals surface area contributed by atoms with Crippen molar-refractivity contribution < 1.29 is 14.3 Å². The second-order valence-corrected chi connectivity index (χ2v) is 5.21. The van der Waals surface area contributed by atoms with Crippen LogP contribution in [0.2, 0.25) is 0 Å². The van der Waals surface area contributed by atoms with E-state index in [9.17, 15) is 4.79 Å². The third-order valence-corrected chi connectivity index (χ3v) is 3.03. The Morgan fingerprint density at radius 2 is 2.15 bits per heavy atom. The van der Waals surface area contributed by atoms with Crippen molar-refractivity contribution in [3.05, 3.63) is 23.8 Å². The van der Waals surface area contributed by atoms with Crippen molar-refractivity contribution in [2.75, 3.05) is 13.3 Å². The van der Waals surface area contributed by atoms with E-state index >= 15 is 0 Å². The van der Waals surface area contributed by atoms with E-state index in [4.69, 9.17) is 14.7 Å². The molecule has 0 spiro atoms. The minimum atomic E-state index is -0.686. The van der Waals surface area contributed by atoms with E-state index in [-0.39, 0.29) is 12.7 Å². The summed E-state index contributed by atoms with van der Waals surface area (Å²) in [7, 11) is 0. The molecule has 20 heavy (non-hydrogen) atoms. The normalized spacial score (nSPS) is 13.9. The molecule has 1 amide bonds. The van der Waals surface area contributed by atoms with E-state index in [0.29, 0.717) is 30.4 Å². The lowest BCUT2D eigenvalue weighted by atomic mass is 9.99. The van der Waals surface area contributed by atoms with Crippen LogP contribution in [0, 0.1) is 23.2 Å². The van der Waals surface area contributed by atoms with Gasteiger partial charge >= 0.3 is 0 Å². The zero-order chi connectivity index (χ0) is 14.5. The molecule has 0 aliphatic carbocycles. The molecular weight excluding hydrogens is 256 g/mol. The molecular formula is C15H18N2O3. The molecule has 0 saturated heterocycles. The molecule has 5 nitrogen and oxygen atoms in total. The molecule has 1 aliphatic rings. The summed E-state index contributed by atoms with van der Waals surface area (Å²) >= 11 is 0. The van der Waals surface area contributed by atoms with E-state index in [2.05, 4.69) is 11.4 Å². The third kappa shape index (κ3) is 3.41. The first-order valence-electron chi connectivity index (χ1n) is 6.66. The number of fused-ring (bicyclic) bond motifs is 1. The maximum Gasteiger partial charge on any atom is 0.237 e. The maximum absolute atomic E-state index is 11.9. The summed E-state index contributed by atoms with van der Waals surface area (Å²) in [4.78, 5) is 11.9. The number of nitriles is 1. The van der Waals surface area contributed by atoms with Crippen molar-refractivity contribution in [2.24, 2.45) is 11.8 Å². The highest BCUT2D eigenvalue weighted by molar-refractivity contribution is 5.81. The second-order valence-electron chi connectivity index (χ2n) is 5.21. The van der Waals surface area contributed by atoms with Crippen LogP contribution in [0.3, 0.4) is 0 Å². The Labute approximate surface area is 118 Å². The van der Waals surface area contributed by atoms with Crippen LogP contribution in [0.1, 0.15) is 19.4 Å². The monoisotopic (exact) mass is 274 g/mol. The van der Waals surface area contributed by atoms with Gasteiger partial charge in [-0.2, -0.15) is 5.26 Å². The third-order valence-electron chi connectivity index (χ3n) is 3.03. The molecule has 2 rings (SSSR count). The van der Waals surface area contributed by atoms with Crippen LogP contribution in [0.15, 0.2) is 18.2 Å². The topological polar surface area (TPSA) is 71.4 Å². The van der Waals surface area contributed by atoms with Gasteiger partial charge in [0.25, 0.3) is 0 Å². The van der Waals surface area contributed by atoms with Crippen LogP contribution in [0.5, 0.6) is 11.5 Å². The summed E-state index contributed by atoms with van der Waals surface area (Å²) in [6, 6.07) is 7.54. The Balaban J connectivity index is 1.99. The van der Waals surface area contributed by atoms with Crippen molar-refractivity contribution in [1.82, 2.24) is 5.32 Å². The Hall–Kier alpha value is -2.22. The highest BCUT2D eigenvalue weighted by Crippen LogP contribution is 2.33. The number of carbonyl (C=O) groups excluding carboxylic acids is 1. The summed E-state index contributed by atoms with van der Waals surface area (Å²) in [6.45, 7) is 4.83. The standard InChI is InChI=1S/C15H18N2O3/c1-10(2)8-17-15(18)12(7-16)5-11-3-4-13-14(6-11)20-9-19-13/h3-4,6,10,12H,5,8-9H2,1-2H3,(H,17,18). The van der Waals surface area contributed by atoms with Gasteiger partial charge in [-0.15, -0.1) is 0 Å². The molecule has 106 valence electrons. The number of amides is 1. The van der Waals surface area contributed by atoms with Crippen molar-refractivity contribution in [3.63, 3.8) is 0 Å². The van der Waals surface area contributed by atoms with Gasteiger partial charge < -0.3 is 14.8 Å². The first kappa shape index (κ1) is 14.2. The Morgan fingerprint density at radius 3 is 2.85 bits per heavy atom. The number of hydrogen-bond acceptors (Lipinski definition) is 4. The lowest BCUT2D eigenvalue weighted by molar-refractivity contribution is -0.123. The first-order valence-corrected chi connectivity index (χ1v) is 6.66. The molecule has 1 heterocycles. The molecule has 1 aromatic rings. The Morgan fingerprint density at radius 1 is 1.40 bits per heavy atom. The number of nitrogens with zero attached hydrogens (tertiary/aromatic N) is 1. The fourth-order valence-electron chi connectivity index (χ4n) is 1.93. The predicted octanol–water partition coefficient (Wildman–Crippen LogP) is 1.87. The van der Waals surface area contributed by atoms with Gasteiger partial charge in [0.2, 0.25) is 12.7 Å². The van der Waals surface area contributed by atoms with E-state index in [1.807, 2.05) is 26.0 Å². The van der Waals surface area contributed by atoms with Gasteiger partial charge in [-0.05, 0) is 30.0 Å². The molecule has 0 saturated carbocycles. The van der Waals surface area contributed by atoms with E-state index in [1.54, 1.807) is 6.07 Å². The number of nitrogens with one attached hydrogen (secondary N) is 1. The summed E-state index contributed by atoms with van der Waals surface area (Å²) in [5.41, 5.74) is 0.889. The van der Waals surface area contributed by atoms with Gasteiger partial charge in [0.1, 0.15) is 5.92 Å². The lowest BCUT2D eigenvalue weighted by Crippen LogP contribution is -2.33. The smallest absolute Gasteiger partial charge is 0.237 e. The predicted molar refractivity (Wildman–Crippen MR) is 73.2 cm³/mol. The summed E-state index contributed by atoms with van der Waals surface area (Å²) in [6.07, 6.45) is 0.372. The Bertz CT molecular complexity index is 534. The lowest BCUT2D eigenvalue weighted by Gasteiger charge is -2.12. The molecule has 0 bridgehead atoms. The highest BCUT2D eigenvalue weighted by atomic mass is 16.7. The van der Waals surface area contributed by atoms with Gasteiger partial charge in [0, 0.05) is 6.54 Å². The SMILES string of the molecule is CC(C)CNC(=O)C(C#N)Cc1ccc2c(c1)OCO2. The number of ether oxygens (including phenoxy) is 2. The molecule has 0 fully saturated rings. The van der Waals surface area contributed by atoms with Gasteiger partial charge in [-0.25, -0.2) is 0 Å². The molecule has 1 unspecified atom stereocenters.